The molecule has 1 aromatic rings. The van der Waals surface area contributed by atoms with Crippen molar-refractivity contribution in [1.29, 1.82) is 0 Å². The average Bonchev–Trinajstić information content (AvgIpc) is 2.54. The van der Waals surface area contributed by atoms with Crippen LogP contribution in [-0.2, 0) is 23.1 Å². The molecule has 98 valence electrons. The third kappa shape index (κ3) is 3.96. The molecule has 0 saturated carbocycles. The van der Waals surface area contributed by atoms with Gasteiger partial charge in [0.1, 0.15) is 0 Å². The van der Waals surface area contributed by atoms with Gasteiger partial charge in [-0.05, 0) is 6.92 Å². The first-order chi connectivity index (χ1) is 8.10. The molecule has 5 nitrogen and oxygen atoms in total. The van der Waals surface area contributed by atoms with Crippen LogP contribution in [0.25, 0.3) is 0 Å². The average molecular weight is 262 g/mol. The monoisotopic (exact) mass is 261 g/mol. The van der Waals surface area contributed by atoms with E-state index in [0.29, 0.717) is 19.7 Å². The van der Waals surface area contributed by atoms with Crippen LogP contribution in [0, 0.1) is 6.92 Å². The van der Waals surface area contributed by atoms with Crippen LogP contribution in [0.4, 0.5) is 0 Å². The summed E-state index contributed by atoms with van der Waals surface area (Å²) in [4.78, 5) is 0. The fraction of sp³-hybridized carbons (Fsp3) is 0.727. The molecule has 1 unspecified atom stereocenters. The molecule has 0 aliphatic carbocycles. The number of nitrogens with zero attached hydrogens (tertiary/aromatic N) is 2. The number of methoxy groups -OCH3 is 2. The molecule has 0 aliphatic heterocycles. The fourth-order valence-corrected chi connectivity index (χ4v) is 1.85. The molecule has 0 radical (unpaired) electrons. The Hall–Kier alpha value is -0.620. The van der Waals surface area contributed by atoms with Gasteiger partial charge in [0, 0.05) is 34.4 Å². The van der Waals surface area contributed by atoms with Gasteiger partial charge in [-0.15, -0.1) is 0 Å². The molecule has 0 aliphatic rings. The highest BCUT2D eigenvalue weighted by molar-refractivity contribution is 6.31. The third-order valence-electron chi connectivity index (χ3n) is 2.61. The third-order valence-corrected chi connectivity index (χ3v) is 3.10. The van der Waals surface area contributed by atoms with Crippen LogP contribution in [0.2, 0.25) is 5.02 Å². The molecular weight excluding hydrogens is 242 g/mol. The summed E-state index contributed by atoms with van der Waals surface area (Å²) in [7, 11) is 5.22. The molecule has 1 aromatic heterocycles. The first-order valence-electron chi connectivity index (χ1n) is 5.50. The van der Waals surface area contributed by atoms with Gasteiger partial charge in [0.25, 0.3) is 0 Å². The van der Waals surface area contributed by atoms with Gasteiger partial charge in [-0.3, -0.25) is 4.68 Å². The summed E-state index contributed by atoms with van der Waals surface area (Å²) in [5.41, 5.74) is 1.84. The quantitative estimate of drug-likeness (QED) is 0.800. The van der Waals surface area contributed by atoms with E-state index in [2.05, 4.69) is 10.4 Å². The fourth-order valence-electron chi connectivity index (χ4n) is 1.62. The Morgan fingerprint density at radius 2 is 2.18 bits per heavy atom. The molecule has 0 spiro atoms. The lowest BCUT2D eigenvalue weighted by molar-refractivity contribution is 0.0287. The van der Waals surface area contributed by atoms with E-state index in [0.717, 1.165) is 16.4 Å². The van der Waals surface area contributed by atoms with E-state index >= 15 is 0 Å². The second-order valence-electron chi connectivity index (χ2n) is 3.91. The van der Waals surface area contributed by atoms with Crippen LogP contribution in [0.5, 0.6) is 0 Å². The normalized spacial score (nSPS) is 13.0. The van der Waals surface area contributed by atoms with Crippen molar-refractivity contribution in [2.75, 3.05) is 27.4 Å². The number of halogens is 1. The second-order valence-corrected chi connectivity index (χ2v) is 4.29. The smallest absolute Gasteiger partial charge is 0.0928 e. The lowest BCUT2D eigenvalue weighted by Gasteiger charge is -2.15. The van der Waals surface area contributed by atoms with Gasteiger partial charge in [-0.1, -0.05) is 11.6 Å². The lowest BCUT2D eigenvalue weighted by Crippen LogP contribution is -2.32. The van der Waals surface area contributed by atoms with Crippen LogP contribution in [0.3, 0.4) is 0 Å². The molecule has 0 bridgehead atoms. The molecule has 1 heterocycles. The number of hydrogen-bond donors (Lipinski definition) is 1. The van der Waals surface area contributed by atoms with Crippen molar-refractivity contribution in [2.24, 2.45) is 7.05 Å². The summed E-state index contributed by atoms with van der Waals surface area (Å²) in [5, 5.41) is 8.26. The second kappa shape index (κ2) is 6.96. The maximum absolute atomic E-state index is 6.15. The zero-order chi connectivity index (χ0) is 12.8. The predicted molar refractivity (Wildman–Crippen MR) is 67.3 cm³/mol. The van der Waals surface area contributed by atoms with Gasteiger partial charge in [-0.25, -0.2) is 0 Å². The van der Waals surface area contributed by atoms with Gasteiger partial charge >= 0.3 is 0 Å². The summed E-state index contributed by atoms with van der Waals surface area (Å²) < 4.78 is 12.1. The van der Waals surface area contributed by atoms with Crippen molar-refractivity contribution in [3.63, 3.8) is 0 Å². The number of aromatic nitrogens is 2. The summed E-state index contributed by atoms with van der Waals surface area (Å²) in [6.07, 6.45) is 0.0492. The van der Waals surface area contributed by atoms with Gasteiger partial charge in [-0.2, -0.15) is 5.10 Å². The molecule has 1 rings (SSSR count). The van der Waals surface area contributed by atoms with E-state index in [1.165, 1.54) is 0 Å². The Morgan fingerprint density at radius 3 is 2.65 bits per heavy atom. The lowest BCUT2D eigenvalue weighted by atomic mass is 10.3. The van der Waals surface area contributed by atoms with Crippen LogP contribution in [0.1, 0.15) is 11.4 Å². The summed E-state index contributed by atoms with van der Waals surface area (Å²) in [6.45, 7) is 3.85. The largest absolute Gasteiger partial charge is 0.382 e. The molecule has 1 atom stereocenters. The van der Waals surface area contributed by atoms with Gasteiger partial charge in [0.05, 0.1) is 29.1 Å². The molecule has 6 heteroatoms. The first-order valence-corrected chi connectivity index (χ1v) is 5.88. The van der Waals surface area contributed by atoms with Crippen LogP contribution in [0.15, 0.2) is 0 Å². The molecular formula is C11H20ClN3O2. The van der Waals surface area contributed by atoms with E-state index in [4.69, 9.17) is 21.1 Å². The van der Waals surface area contributed by atoms with Gasteiger partial charge in [0.15, 0.2) is 0 Å². The molecule has 0 fully saturated rings. The van der Waals surface area contributed by atoms with Crippen molar-refractivity contribution in [3.8, 4) is 0 Å². The van der Waals surface area contributed by atoms with Gasteiger partial charge < -0.3 is 14.8 Å². The van der Waals surface area contributed by atoms with Gasteiger partial charge in [0.2, 0.25) is 0 Å². The Bertz CT molecular complexity index is 355. The Morgan fingerprint density at radius 1 is 1.47 bits per heavy atom. The molecule has 0 saturated heterocycles. The van der Waals surface area contributed by atoms with Crippen molar-refractivity contribution < 1.29 is 9.47 Å². The minimum Gasteiger partial charge on any atom is -0.382 e. The highest BCUT2D eigenvalue weighted by Crippen LogP contribution is 2.18. The van der Waals surface area contributed by atoms with E-state index in [-0.39, 0.29) is 6.10 Å². The maximum Gasteiger partial charge on any atom is 0.0928 e. The van der Waals surface area contributed by atoms with Crippen LogP contribution < -0.4 is 5.32 Å². The Balaban J connectivity index is 2.45. The number of aryl methyl sites for hydroxylation is 2. The predicted octanol–water partition coefficient (Wildman–Crippen LogP) is 1.13. The van der Waals surface area contributed by atoms with E-state index < -0.39 is 0 Å². The van der Waals surface area contributed by atoms with Crippen molar-refractivity contribution in [2.45, 2.75) is 19.6 Å². The van der Waals surface area contributed by atoms with Crippen molar-refractivity contribution in [3.05, 3.63) is 16.4 Å². The zero-order valence-electron chi connectivity index (χ0n) is 10.8. The minimum atomic E-state index is 0.0492. The van der Waals surface area contributed by atoms with Crippen molar-refractivity contribution >= 4 is 11.6 Å². The summed E-state index contributed by atoms with van der Waals surface area (Å²) >= 11 is 6.15. The first kappa shape index (κ1) is 14.4. The molecule has 17 heavy (non-hydrogen) atoms. The Kier molecular flexibility index (Phi) is 5.91. The van der Waals surface area contributed by atoms with Crippen LogP contribution >= 0.6 is 11.6 Å². The van der Waals surface area contributed by atoms with E-state index in [1.807, 2.05) is 14.0 Å². The molecule has 0 aromatic carbocycles. The Labute approximate surface area is 107 Å². The molecule has 0 amide bonds. The highest BCUT2D eigenvalue weighted by Gasteiger charge is 2.12. The SMILES string of the molecule is COCC(CNCc1c(Cl)c(C)nn1C)OC. The zero-order valence-corrected chi connectivity index (χ0v) is 11.5. The van der Waals surface area contributed by atoms with E-state index in [1.54, 1.807) is 18.9 Å². The highest BCUT2D eigenvalue weighted by atomic mass is 35.5. The molecule has 1 N–H and O–H groups in total. The maximum atomic E-state index is 6.15. The number of rotatable bonds is 7. The number of hydrogen-bond acceptors (Lipinski definition) is 4. The van der Waals surface area contributed by atoms with Crippen LogP contribution in [-0.4, -0.2) is 43.3 Å². The van der Waals surface area contributed by atoms with Crippen molar-refractivity contribution in [1.82, 2.24) is 15.1 Å². The summed E-state index contributed by atoms with van der Waals surface area (Å²) in [5.74, 6) is 0. The minimum absolute atomic E-state index is 0.0492. The summed E-state index contributed by atoms with van der Waals surface area (Å²) in [6, 6.07) is 0. The topological polar surface area (TPSA) is 48.3 Å². The standard InChI is InChI=1S/C11H20ClN3O2/c1-8-11(12)10(15(2)14-8)6-13-5-9(17-4)7-16-3/h9,13H,5-7H2,1-4H3. The number of ether oxygens (including phenoxy) is 2. The number of nitrogens with one attached hydrogen (secondary N) is 1. The van der Waals surface area contributed by atoms with E-state index in [9.17, 15) is 0 Å².